The predicted molar refractivity (Wildman–Crippen MR) is 136 cm³/mol. The Morgan fingerprint density at radius 2 is 1.91 bits per heavy atom. The van der Waals surface area contributed by atoms with Crippen LogP contribution in [0.15, 0.2) is 78.1 Å². The van der Waals surface area contributed by atoms with E-state index < -0.39 is 11.6 Å². The SMILES string of the molecule is C=C/C(C(=C)/C(=C\C)Cc1ccc(F)cc1F)=C(/C)C(=C)N(C(C)C)C(C)(CC)CCC#N. The van der Waals surface area contributed by atoms with Crippen molar-refractivity contribution in [2.45, 2.75) is 78.8 Å². The van der Waals surface area contributed by atoms with Crippen LogP contribution in [0.4, 0.5) is 8.78 Å². The Labute approximate surface area is 199 Å². The van der Waals surface area contributed by atoms with Gasteiger partial charge in [0.15, 0.2) is 0 Å². The topological polar surface area (TPSA) is 27.0 Å². The van der Waals surface area contributed by atoms with E-state index in [0.29, 0.717) is 18.4 Å². The second kappa shape index (κ2) is 12.3. The van der Waals surface area contributed by atoms with Crippen LogP contribution in [0.3, 0.4) is 0 Å². The molecule has 0 heterocycles. The molecule has 33 heavy (non-hydrogen) atoms. The number of nitrogens with zero attached hydrogens (tertiary/aromatic N) is 2. The predicted octanol–water partition coefficient (Wildman–Crippen LogP) is 8.21. The summed E-state index contributed by atoms with van der Waals surface area (Å²) in [5, 5.41) is 9.16. The van der Waals surface area contributed by atoms with Crippen LogP contribution in [-0.2, 0) is 6.42 Å². The highest BCUT2D eigenvalue weighted by atomic mass is 19.1. The first-order valence-electron chi connectivity index (χ1n) is 11.4. The van der Waals surface area contributed by atoms with Gasteiger partial charge >= 0.3 is 0 Å². The number of halogens is 2. The fraction of sp³-hybridized carbons (Fsp3) is 0.414. The lowest BCUT2D eigenvalue weighted by Gasteiger charge is -2.47. The van der Waals surface area contributed by atoms with Crippen molar-refractivity contribution in [3.63, 3.8) is 0 Å². The first kappa shape index (κ1) is 28.1. The zero-order valence-electron chi connectivity index (χ0n) is 21.1. The number of rotatable bonds is 12. The molecule has 0 aliphatic carbocycles. The maximum absolute atomic E-state index is 14.3. The smallest absolute Gasteiger partial charge is 0.129 e. The molecule has 1 aromatic rings. The van der Waals surface area contributed by atoms with Crippen molar-refractivity contribution >= 4 is 0 Å². The molecule has 0 radical (unpaired) electrons. The lowest BCUT2D eigenvalue weighted by molar-refractivity contribution is 0.102. The summed E-state index contributed by atoms with van der Waals surface area (Å²) >= 11 is 0. The number of benzene rings is 1. The molecule has 0 saturated heterocycles. The third-order valence-electron chi connectivity index (χ3n) is 6.42. The molecule has 4 heteroatoms. The summed E-state index contributed by atoms with van der Waals surface area (Å²) in [6.45, 7) is 25.1. The van der Waals surface area contributed by atoms with Crippen molar-refractivity contribution in [1.29, 1.82) is 5.26 Å². The summed E-state index contributed by atoms with van der Waals surface area (Å²) in [7, 11) is 0. The van der Waals surface area contributed by atoms with Crippen LogP contribution in [0.1, 0.15) is 66.4 Å². The number of hydrogen-bond acceptors (Lipinski definition) is 2. The zero-order valence-corrected chi connectivity index (χ0v) is 21.1. The summed E-state index contributed by atoms with van der Waals surface area (Å²) in [6, 6.07) is 6.06. The zero-order chi connectivity index (χ0) is 25.3. The molecule has 2 nitrogen and oxygen atoms in total. The van der Waals surface area contributed by atoms with Crippen molar-refractivity contribution in [1.82, 2.24) is 4.90 Å². The molecule has 0 aliphatic heterocycles. The van der Waals surface area contributed by atoms with Crippen LogP contribution in [-0.4, -0.2) is 16.5 Å². The van der Waals surface area contributed by atoms with E-state index >= 15 is 0 Å². The largest absolute Gasteiger partial charge is 0.364 e. The summed E-state index contributed by atoms with van der Waals surface area (Å²) in [6.07, 6.45) is 6.02. The number of allylic oxidation sites excluding steroid dienone is 6. The van der Waals surface area contributed by atoms with Gasteiger partial charge in [-0.1, -0.05) is 44.9 Å². The highest BCUT2D eigenvalue weighted by molar-refractivity contribution is 5.56. The van der Waals surface area contributed by atoms with Crippen molar-refractivity contribution in [3.05, 3.63) is 95.3 Å². The maximum Gasteiger partial charge on any atom is 0.129 e. The molecular formula is C29H38F2N2. The molecule has 1 rings (SSSR count). The van der Waals surface area contributed by atoms with Gasteiger partial charge in [-0.2, -0.15) is 5.26 Å². The lowest BCUT2D eigenvalue weighted by Crippen LogP contribution is -2.49. The van der Waals surface area contributed by atoms with Gasteiger partial charge in [-0.3, -0.25) is 0 Å². The number of hydrogen-bond donors (Lipinski definition) is 0. The third kappa shape index (κ3) is 6.78. The Morgan fingerprint density at radius 3 is 2.36 bits per heavy atom. The first-order valence-corrected chi connectivity index (χ1v) is 11.4. The Balaban J connectivity index is 3.40. The van der Waals surface area contributed by atoms with E-state index in [9.17, 15) is 8.78 Å². The van der Waals surface area contributed by atoms with E-state index in [4.69, 9.17) is 5.26 Å². The summed E-state index contributed by atoms with van der Waals surface area (Å²) in [5.41, 5.74) is 4.36. The molecule has 178 valence electrons. The van der Waals surface area contributed by atoms with Crippen LogP contribution in [0.2, 0.25) is 0 Å². The van der Waals surface area contributed by atoms with E-state index in [2.05, 4.69) is 58.4 Å². The molecule has 0 aliphatic rings. The van der Waals surface area contributed by atoms with Gasteiger partial charge in [0.2, 0.25) is 0 Å². The minimum absolute atomic E-state index is 0.171. The standard InChI is InChI=1S/C29H38F2N2/c1-10-24(18-25-14-15-26(30)19-28(25)31)22(7)27(11-2)21(6)23(8)33(20(4)5)29(9,12-3)16-13-17-32/h10-11,14-15,19-20H,2,7-8,12-13,16,18H2,1,3-6,9H3/b24-10-,27-21+. The molecule has 0 spiro atoms. The second-order valence-corrected chi connectivity index (χ2v) is 8.87. The van der Waals surface area contributed by atoms with Crippen molar-refractivity contribution in [2.24, 2.45) is 0 Å². The Morgan fingerprint density at radius 1 is 1.27 bits per heavy atom. The monoisotopic (exact) mass is 452 g/mol. The van der Waals surface area contributed by atoms with Gasteiger partial charge in [0.25, 0.3) is 0 Å². The first-order chi connectivity index (χ1) is 15.5. The van der Waals surface area contributed by atoms with Gasteiger partial charge in [-0.15, -0.1) is 0 Å². The Kier molecular flexibility index (Phi) is 10.5. The summed E-state index contributed by atoms with van der Waals surface area (Å²) in [4.78, 5) is 2.28. The van der Waals surface area contributed by atoms with Crippen molar-refractivity contribution in [3.8, 4) is 6.07 Å². The number of nitriles is 1. The molecule has 1 aromatic carbocycles. The van der Waals surface area contributed by atoms with Gasteiger partial charge in [-0.25, -0.2) is 8.78 Å². The molecule has 0 amide bonds. The second-order valence-electron chi connectivity index (χ2n) is 8.87. The van der Waals surface area contributed by atoms with Gasteiger partial charge in [0.05, 0.1) is 6.07 Å². The summed E-state index contributed by atoms with van der Waals surface area (Å²) < 4.78 is 27.6. The van der Waals surface area contributed by atoms with Gasteiger partial charge in [0, 0.05) is 36.2 Å². The molecule has 1 unspecified atom stereocenters. The highest BCUT2D eigenvalue weighted by Crippen LogP contribution is 2.36. The molecule has 0 saturated carbocycles. The van der Waals surface area contributed by atoms with Crippen LogP contribution in [0.25, 0.3) is 0 Å². The summed E-state index contributed by atoms with van der Waals surface area (Å²) in [5.74, 6) is -1.17. The van der Waals surface area contributed by atoms with E-state index in [1.807, 2.05) is 19.9 Å². The van der Waals surface area contributed by atoms with Gasteiger partial charge in [0.1, 0.15) is 11.6 Å². The molecule has 1 atom stereocenters. The van der Waals surface area contributed by atoms with Crippen molar-refractivity contribution in [2.75, 3.05) is 0 Å². The van der Waals surface area contributed by atoms with E-state index in [0.717, 1.165) is 46.9 Å². The minimum atomic E-state index is -0.597. The molecule has 0 aromatic heterocycles. The Hall–Kier alpha value is -2.93. The quantitative estimate of drug-likeness (QED) is 0.299. The van der Waals surface area contributed by atoms with E-state index in [-0.39, 0.29) is 11.6 Å². The van der Waals surface area contributed by atoms with E-state index in [1.165, 1.54) is 12.1 Å². The fourth-order valence-electron chi connectivity index (χ4n) is 4.32. The van der Waals surface area contributed by atoms with Crippen LogP contribution >= 0.6 is 0 Å². The van der Waals surface area contributed by atoms with Gasteiger partial charge in [-0.05, 0) is 81.4 Å². The van der Waals surface area contributed by atoms with Crippen LogP contribution in [0.5, 0.6) is 0 Å². The lowest BCUT2D eigenvalue weighted by atomic mass is 9.86. The molecule has 0 fully saturated rings. The minimum Gasteiger partial charge on any atom is -0.364 e. The normalized spacial score (nSPS) is 14.2. The van der Waals surface area contributed by atoms with Gasteiger partial charge < -0.3 is 4.90 Å². The third-order valence-corrected chi connectivity index (χ3v) is 6.42. The van der Waals surface area contributed by atoms with Crippen molar-refractivity contribution < 1.29 is 8.78 Å². The molecule has 0 N–H and O–H groups in total. The maximum atomic E-state index is 14.3. The van der Waals surface area contributed by atoms with Crippen LogP contribution in [0, 0.1) is 23.0 Å². The molecular weight excluding hydrogens is 414 g/mol. The van der Waals surface area contributed by atoms with Crippen LogP contribution < -0.4 is 0 Å². The highest BCUT2D eigenvalue weighted by Gasteiger charge is 2.33. The van der Waals surface area contributed by atoms with E-state index in [1.54, 1.807) is 6.08 Å². The average Bonchev–Trinajstić information content (AvgIpc) is 2.77. The fourth-order valence-corrected chi connectivity index (χ4v) is 4.32. The molecule has 0 bridgehead atoms. The Bertz CT molecular complexity index is 991. The average molecular weight is 453 g/mol.